The van der Waals surface area contributed by atoms with E-state index < -0.39 is 0 Å². The Balaban J connectivity index is 1.80. The van der Waals surface area contributed by atoms with Gasteiger partial charge in [0.2, 0.25) is 0 Å². The van der Waals surface area contributed by atoms with Crippen molar-refractivity contribution in [1.82, 2.24) is 19.9 Å². The summed E-state index contributed by atoms with van der Waals surface area (Å²) in [4.78, 5) is 26.8. The number of imidazole rings is 1. The minimum atomic E-state index is -0.0674. The van der Waals surface area contributed by atoms with Crippen molar-refractivity contribution < 1.29 is 9.53 Å². The van der Waals surface area contributed by atoms with Crippen LogP contribution < -0.4 is 4.74 Å². The first-order valence-electron chi connectivity index (χ1n) is 9.31. The zero-order chi connectivity index (χ0) is 19.5. The maximum Gasteiger partial charge on any atom is 0.289 e. The highest BCUT2D eigenvalue weighted by atomic mass is 35.5. The number of pyridine rings is 1. The van der Waals surface area contributed by atoms with Gasteiger partial charge in [0.05, 0.1) is 23.5 Å². The van der Waals surface area contributed by atoms with Crippen LogP contribution in [0.1, 0.15) is 29.9 Å². The molecule has 1 amide bonds. The van der Waals surface area contributed by atoms with E-state index in [4.69, 9.17) is 16.3 Å². The number of ether oxygens (including phenoxy) is 1. The van der Waals surface area contributed by atoms with Gasteiger partial charge in [-0.05, 0) is 43.5 Å². The van der Waals surface area contributed by atoms with E-state index >= 15 is 0 Å². The zero-order valence-electron chi connectivity index (χ0n) is 15.6. The van der Waals surface area contributed by atoms with Crippen LogP contribution in [0.25, 0.3) is 22.5 Å². The molecule has 1 saturated heterocycles. The fraction of sp³-hybridized carbons (Fsp3) is 0.286. The lowest BCUT2D eigenvalue weighted by atomic mass is 10.1. The molecule has 1 fully saturated rings. The number of aromatic nitrogens is 3. The highest BCUT2D eigenvalue weighted by Gasteiger charge is 2.24. The zero-order valence-corrected chi connectivity index (χ0v) is 16.4. The first-order valence-corrected chi connectivity index (χ1v) is 9.69. The monoisotopic (exact) mass is 396 g/mol. The highest BCUT2D eigenvalue weighted by Crippen LogP contribution is 2.35. The van der Waals surface area contributed by atoms with E-state index in [2.05, 4.69) is 15.0 Å². The molecule has 28 heavy (non-hydrogen) atoms. The second kappa shape index (κ2) is 8.02. The third kappa shape index (κ3) is 3.60. The molecule has 0 saturated carbocycles. The maximum absolute atomic E-state index is 13.0. The molecule has 0 spiro atoms. The Morgan fingerprint density at radius 2 is 1.86 bits per heavy atom. The number of rotatable bonds is 4. The molecule has 4 rings (SSSR count). The lowest BCUT2D eigenvalue weighted by Crippen LogP contribution is -2.36. The molecule has 1 N–H and O–H groups in total. The van der Waals surface area contributed by atoms with Crippen LogP contribution in [0.2, 0.25) is 5.02 Å². The Morgan fingerprint density at radius 3 is 2.57 bits per heavy atom. The number of likely N-dealkylation sites (tertiary alicyclic amines) is 1. The lowest BCUT2D eigenvalue weighted by molar-refractivity contribution is 0.0713. The van der Waals surface area contributed by atoms with Crippen molar-refractivity contribution in [2.45, 2.75) is 19.3 Å². The van der Waals surface area contributed by atoms with Gasteiger partial charge in [-0.1, -0.05) is 17.7 Å². The molecule has 0 atom stereocenters. The van der Waals surface area contributed by atoms with Gasteiger partial charge in [0.1, 0.15) is 5.75 Å². The number of carbonyl (C=O) groups excluding carboxylic acids is 1. The van der Waals surface area contributed by atoms with Crippen LogP contribution >= 0.6 is 11.6 Å². The van der Waals surface area contributed by atoms with Gasteiger partial charge in [0, 0.05) is 36.6 Å². The van der Waals surface area contributed by atoms with Crippen molar-refractivity contribution in [3.63, 3.8) is 0 Å². The van der Waals surface area contributed by atoms with Gasteiger partial charge in [-0.2, -0.15) is 0 Å². The Morgan fingerprint density at radius 1 is 1.11 bits per heavy atom. The van der Waals surface area contributed by atoms with E-state index in [1.807, 2.05) is 29.2 Å². The molecular weight excluding hydrogens is 376 g/mol. The quantitative estimate of drug-likeness (QED) is 0.708. The van der Waals surface area contributed by atoms with Gasteiger partial charge in [0.15, 0.2) is 5.82 Å². The second-order valence-corrected chi connectivity index (χ2v) is 7.15. The molecule has 3 aromatic rings. The average Bonchev–Trinajstić information content (AvgIpc) is 3.20. The summed E-state index contributed by atoms with van der Waals surface area (Å²) in [6, 6.07) is 9.25. The summed E-state index contributed by atoms with van der Waals surface area (Å²) in [7, 11) is 1.57. The smallest absolute Gasteiger partial charge is 0.289 e. The first kappa shape index (κ1) is 18.5. The van der Waals surface area contributed by atoms with E-state index in [-0.39, 0.29) is 5.91 Å². The first-order chi connectivity index (χ1) is 13.7. The third-order valence-electron chi connectivity index (χ3n) is 4.94. The fourth-order valence-corrected chi connectivity index (χ4v) is 3.66. The van der Waals surface area contributed by atoms with Gasteiger partial charge in [-0.15, -0.1) is 0 Å². The number of aromatic amines is 1. The number of carbonyl (C=O) groups is 1. The Kier molecular flexibility index (Phi) is 5.30. The largest absolute Gasteiger partial charge is 0.495 e. The van der Waals surface area contributed by atoms with Crippen LogP contribution in [0.3, 0.4) is 0 Å². The summed E-state index contributed by atoms with van der Waals surface area (Å²) < 4.78 is 5.35. The van der Waals surface area contributed by atoms with Gasteiger partial charge in [0.25, 0.3) is 5.91 Å². The molecular formula is C21H21ClN4O2. The number of piperidine rings is 1. The number of nitrogens with one attached hydrogen (secondary N) is 1. The van der Waals surface area contributed by atoms with Gasteiger partial charge >= 0.3 is 0 Å². The molecule has 7 heteroatoms. The normalized spacial score (nSPS) is 14.1. The van der Waals surface area contributed by atoms with Crippen LogP contribution in [-0.2, 0) is 0 Å². The molecule has 1 aliphatic heterocycles. The molecule has 0 bridgehead atoms. The van der Waals surface area contributed by atoms with Gasteiger partial charge in [-0.3, -0.25) is 9.78 Å². The fourth-order valence-electron chi connectivity index (χ4n) is 3.46. The molecule has 0 aliphatic carbocycles. The van der Waals surface area contributed by atoms with E-state index in [0.29, 0.717) is 22.3 Å². The number of benzene rings is 1. The predicted molar refractivity (Wildman–Crippen MR) is 109 cm³/mol. The number of H-pyrrole nitrogens is 1. The SMILES string of the molecule is COc1cc(-c2nc(C(=O)N3CCCCC3)[nH]c2-c2ccncc2)ccc1Cl. The second-order valence-electron chi connectivity index (χ2n) is 6.75. The Hall–Kier alpha value is -2.86. The third-order valence-corrected chi connectivity index (χ3v) is 5.26. The number of hydrogen-bond acceptors (Lipinski definition) is 4. The number of hydrogen-bond donors (Lipinski definition) is 1. The average molecular weight is 397 g/mol. The standard InChI is InChI=1S/C21H21ClN4O2/c1-28-17-13-15(5-6-16(17)22)19-18(14-7-9-23-10-8-14)24-20(25-19)21(27)26-11-3-2-4-12-26/h5-10,13H,2-4,11-12H2,1H3,(H,24,25). The van der Waals surface area contributed by atoms with Crippen molar-refractivity contribution in [3.05, 3.63) is 53.6 Å². The van der Waals surface area contributed by atoms with Crippen LogP contribution in [0.15, 0.2) is 42.7 Å². The van der Waals surface area contributed by atoms with E-state index in [1.165, 1.54) is 6.42 Å². The molecule has 144 valence electrons. The van der Waals surface area contributed by atoms with Gasteiger partial charge < -0.3 is 14.6 Å². The Labute approximate surface area is 168 Å². The van der Waals surface area contributed by atoms with Crippen molar-refractivity contribution in [1.29, 1.82) is 0 Å². The summed E-state index contributed by atoms with van der Waals surface area (Å²) in [6.45, 7) is 1.54. The van der Waals surface area contributed by atoms with Crippen molar-refractivity contribution in [3.8, 4) is 28.3 Å². The molecule has 1 aromatic carbocycles. The Bertz CT molecular complexity index is 981. The van der Waals surface area contributed by atoms with E-state index in [9.17, 15) is 4.79 Å². The molecule has 0 unspecified atom stereocenters. The van der Waals surface area contributed by atoms with Crippen molar-refractivity contribution in [2.75, 3.05) is 20.2 Å². The maximum atomic E-state index is 13.0. The molecule has 3 heterocycles. The summed E-state index contributed by atoms with van der Waals surface area (Å²) in [5.74, 6) is 0.839. The molecule has 6 nitrogen and oxygen atoms in total. The lowest BCUT2D eigenvalue weighted by Gasteiger charge is -2.25. The van der Waals surface area contributed by atoms with E-state index in [1.54, 1.807) is 25.6 Å². The number of amides is 1. The summed E-state index contributed by atoms with van der Waals surface area (Å²) in [6.07, 6.45) is 6.67. The molecule has 1 aliphatic rings. The van der Waals surface area contributed by atoms with E-state index in [0.717, 1.165) is 42.8 Å². The molecule has 2 aromatic heterocycles. The van der Waals surface area contributed by atoms with Crippen LogP contribution in [0.5, 0.6) is 5.75 Å². The summed E-state index contributed by atoms with van der Waals surface area (Å²) in [5.41, 5.74) is 3.18. The minimum absolute atomic E-state index is 0.0674. The van der Waals surface area contributed by atoms with Gasteiger partial charge in [-0.25, -0.2) is 4.98 Å². The summed E-state index contributed by atoms with van der Waals surface area (Å²) >= 11 is 6.18. The number of nitrogens with zero attached hydrogens (tertiary/aromatic N) is 3. The van der Waals surface area contributed by atoms with Crippen LogP contribution in [0.4, 0.5) is 0 Å². The number of methoxy groups -OCH3 is 1. The predicted octanol–water partition coefficient (Wildman–Crippen LogP) is 4.43. The van der Waals surface area contributed by atoms with Crippen molar-refractivity contribution >= 4 is 17.5 Å². The van der Waals surface area contributed by atoms with Crippen molar-refractivity contribution in [2.24, 2.45) is 0 Å². The van der Waals surface area contributed by atoms with Crippen LogP contribution in [-0.4, -0.2) is 46.0 Å². The summed E-state index contributed by atoms with van der Waals surface area (Å²) in [5, 5.41) is 0.525. The molecule has 0 radical (unpaired) electrons. The minimum Gasteiger partial charge on any atom is -0.495 e. The number of halogens is 1. The van der Waals surface area contributed by atoms with Crippen LogP contribution in [0, 0.1) is 0 Å². The topological polar surface area (TPSA) is 71.1 Å². The highest BCUT2D eigenvalue weighted by molar-refractivity contribution is 6.32.